The van der Waals surface area contributed by atoms with E-state index in [2.05, 4.69) is 37.1 Å². The minimum Gasteiger partial charge on any atom is -0.756 e. The first kappa shape index (κ1) is 30.3. The maximum absolute atomic E-state index is 9.95. The van der Waals surface area contributed by atoms with Crippen LogP contribution >= 0.6 is 7.82 Å². The second-order valence-corrected chi connectivity index (χ2v) is 10.4. The first-order valence-electron chi connectivity index (χ1n) is 11.4. The Kier molecular flexibility index (Phi) is 22.0. The molecule has 0 aliphatic heterocycles. The van der Waals surface area contributed by atoms with Crippen LogP contribution < -0.4 is 4.89 Å². The fraction of sp³-hybridized carbons (Fsp3) is 1.00. The summed E-state index contributed by atoms with van der Waals surface area (Å²) in [6.07, 6.45) is 21.9. The van der Waals surface area contributed by atoms with Crippen LogP contribution in [0, 0.1) is 0 Å². The molecule has 0 spiro atoms. The number of unbranched alkanes of at least 4 members (excludes halogenated alkanes) is 14. The number of nitrogens with zero attached hydrogens (tertiary/aromatic N) is 1. The van der Waals surface area contributed by atoms with E-state index < -0.39 is 7.82 Å². The smallest absolute Gasteiger partial charge is 0.267 e. The largest absolute Gasteiger partial charge is 0.756 e. The number of phosphoric ester groups is 1. The Hall–Kier alpha value is 0.0700. The van der Waals surface area contributed by atoms with Crippen molar-refractivity contribution in [1.29, 1.82) is 0 Å². The Morgan fingerprint density at radius 3 is 1.14 bits per heavy atom. The number of phosphoric acid groups is 1. The zero-order chi connectivity index (χ0) is 21.7. The van der Waals surface area contributed by atoms with E-state index in [1.54, 1.807) is 0 Å². The van der Waals surface area contributed by atoms with Gasteiger partial charge in [-0.25, -0.2) is 0 Å². The van der Waals surface area contributed by atoms with Gasteiger partial charge in [-0.2, -0.15) is 0 Å². The molecule has 0 aliphatic carbocycles. The van der Waals surface area contributed by atoms with Crippen molar-refractivity contribution in [2.45, 2.75) is 103 Å². The maximum Gasteiger partial charge on any atom is 0.267 e. The molecule has 0 bridgehead atoms. The summed E-state index contributed by atoms with van der Waals surface area (Å²) in [4.78, 5) is 9.95. The highest BCUT2D eigenvalue weighted by atomic mass is 31.2. The van der Waals surface area contributed by atoms with Gasteiger partial charge in [0.05, 0.1) is 27.7 Å². The SMILES string of the molecule is CCCCCCCCCCCCCCCCC[N+](C)(C)C.COP(=O)([O-])OC. The summed E-state index contributed by atoms with van der Waals surface area (Å²) in [7, 11) is 5.06. The summed E-state index contributed by atoms with van der Waals surface area (Å²) in [5.41, 5.74) is 0. The third-order valence-corrected chi connectivity index (χ3v) is 5.77. The molecular weight excluding hydrogens is 373 g/mol. The van der Waals surface area contributed by atoms with Crippen LogP contribution in [-0.4, -0.2) is 46.4 Å². The van der Waals surface area contributed by atoms with Crippen LogP contribution in [0.15, 0.2) is 0 Å². The minimum absolute atomic E-state index is 1.04. The number of quaternary nitrogens is 1. The van der Waals surface area contributed by atoms with Crippen molar-refractivity contribution in [3.05, 3.63) is 0 Å². The Morgan fingerprint density at radius 2 is 0.929 bits per heavy atom. The average Bonchev–Trinajstić information content (AvgIpc) is 2.64. The average molecular weight is 424 g/mol. The molecule has 0 aromatic rings. The molecule has 5 nitrogen and oxygen atoms in total. The van der Waals surface area contributed by atoms with Crippen molar-refractivity contribution < 1.29 is 23.0 Å². The number of hydrogen-bond acceptors (Lipinski definition) is 4. The molecule has 6 heteroatoms. The number of rotatable bonds is 18. The van der Waals surface area contributed by atoms with Gasteiger partial charge < -0.3 is 18.4 Å². The second kappa shape index (κ2) is 20.3. The van der Waals surface area contributed by atoms with Crippen molar-refractivity contribution >= 4 is 7.82 Å². The standard InChI is InChI=1S/C20H44N.C2H7O4P/c1-5-6-7-8-9-10-11-12-13-14-15-16-17-18-19-20-21(2,3)4;1-5-7(3,4)6-2/h5-20H2,1-4H3;1-2H3,(H,3,4)/q+1;/p-1. The first-order chi connectivity index (χ1) is 13.2. The van der Waals surface area contributed by atoms with Gasteiger partial charge in [0.1, 0.15) is 0 Å². The van der Waals surface area contributed by atoms with Gasteiger partial charge in [0.15, 0.2) is 0 Å². The fourth-order valence-electron chi connectivity index (χ4n) is 3.03. The van der Waals surface area contributed by atoms with E-state index in [9.17, 15) is 9.46 Å². The molecule has 0 aromatic carbocycles. The molecule has 28 heavy (non-hydrogen) atoms. The molecule has 0 heterocycles. The highest BCUT2D eigenvalue weighted by molar-refractivity contribution is 7.45. The molecule has 0 aromatic heterocycles. The predicted octanol–water partition coefficient (Wildman–Crippen LogP) is 6.31. The Morgan fingerprint density at radius 1 is 0.643 bits per heavy atom. The zero-order valence-corrected chi connectivity index (χ0v) is 20.7. The maximum atomic E-state index is 9.95. The highest BCUT2D eigenvalue weighted by Gasteiger charge is 2.04. The topological polar surface area (TPSA) is 58.6 Å². The lowest BCUT2D eigenvalue weighted by Crippen LogP contribution is -2.35. The summed E-state index contributed by atoms with van der Waals surface area (Å²) in [6.45, 7) is 3.63. The van der Waals surface area contributed by atoms with Crippen LogP contribution in [0.4, 0.5) is 0 Å². The van der Waals surface area contributed by atoms with E-state index >= 15 is 0 Å². The molecule has 0 aliphatic rings. The van der Waals surface area contributed by atoms with Gasteiger partial charge in [0.2, 0.25) is 0 Å². The normalized spacial score (nSPS) is 12.0. The molecule has 172 valence electrons. The van der Waals surface area contributed by atoms with Gasteiger partial charge in [-0.3, -0.25) is 4.57 Å². The third-order valence-electron chi connectivity index (χ3n) is 4.88. The molecule has 0 saturated heterocycles. The van der Waals surface area contributed by atoms with Crippen LogP contribution in [-0.2, 0) is 13.6 Å². The summed E-state index contributed by atoms with van der Waals surface area (Å²) >= 11 is 0. The lowest BCUT2D eigenvalue weighted by atomic mass is 10.0. The van der Waals surface area contributed by atoms with E-state index in [0.717, 1.165) is 18.7 Å². The molecular formula is C22H50NO4P. The first-order valence-corrected chi connectivity index (χ1v) is 12.9. The molecule has 0 radical (unpaired) electrons. The van der Waals surface area contributed by atoms with Crippen molar-refractivity contribution in [1.82, 2.24) is 0 Å². The van der Waals surface area contributed by atoms with Crippen molar-refractivity contribution in [2.24, 2.45) is 0 Å². The third kappa shape index (κ3) is 28.3. The molecule has 0 rings (SSSR count). The van der Waals surface area contributed by atoms with Crippen LogP contribution in [0.5, 0.6) is 0 Å². The van der Waals surface area contributed by atoms with Crippen LogP contribution in [0.25, 0.3) is 0 Å². The molecule has 0 amide bonds. The van der Waals surface area contributed by atoms with Gasteiger partial charge in [0, 0.05) is 14.2 Å². The molecule has 0 fully saturated rings. The van der Waals surface area contributed by atoms with Gasteiger partial charge in [-0.05, 0) is 12.8 Å². The Balaban J connectivity index is 0. The van der Waals surface area contributed by atoms with Gasteiger partial charge in [-0.1, -0.05) is 90.4 Å². The summed E-state index contributed by atoms with van der Waals surface area (Å²) < 4.78 is 18.8. The Bertz CT molecular complexity index is 351. The van der Waals surface area contributed by atoms with Crippen molar-refractivity contribution in [2.75, 3.05) is 41.9 Å². The highest BCUT2D eigenvalue weighted by Crippen LogP contribution is 2.34. The van der Waals surface area contributed by atoms with Crippen LogP contribution in [0.1, 0.15) is 103 Å². The summed E-state index contributed by atoms with van der Waals surface area (Å²) in [5, 5.41) is 0. The van der Waals surface area contributed by atoms with Crippen LogP contribution in [0.3, 0.4) is 0 Å². The predicted molar refractivity (Wildman–Crippen MR) is 119 cm³/mol. The van der Waals surface area contributed by atoms with Crippen LogP contribution in [0.2, 0.25) is 0 Å². The van der Waals surface area contributed by atoms with E-state index in [-0.39, 0.29) is 0 Å². The van der Waals surface area contributed by atoms with Gasteiger partial charge in [0.25, 0.3) is 7.82 Å². The quantitative estimate of drug-likeness (QED) is 0.147. The van der Waals surface area contributed by atoms with E-state index in [4.69, 9.17) is 0 Å². The summed E-state index contributed by atoms with van der Waals surface area (Å²) in [6, 6.07) is 0. The van der Waals surface area contributed by atoms with E-state index in [0.29, 0.717) is 0 Å². The fourth-order valence-corrected chi connectivity index (χ4v) is 3.18. The van der Waals surface area contributed by atoms with E-state index in [1.165, 1.54) is 103 Å². The van der Waals surface area contributed by atoms with E-state index in [1.807, 2.05) is 0 Å². The van der Waals surface area contributed by atoms with Gasteiger partial charge in [-0.15, -0.1) is 0 Å². The zero-order valence-electron chi connectivity index (χ0n) is 19.8. The molecule has 0 atom stereocenters. The monoisotopic (exact) mass is 423 g/mol. The lowest BCUT2D eigenvalue weighted by Gasteiger charge is -2.23. The number of hydrogen-bond donors (Lipinski definition) is 0. The molecule has 0 saturated carbocycles. The second-order valence-electron chi connectivity index (χ2n) is 8.78. The van der Waals surface area contributed by atoms with Gasteiger partial charge >= 0.3 is 0 Å². The lowest BCUT2D eigenvalue weighted by molar-refractivity contribution is -0.870. The minimum atomic E-state index is -3.90. The Labute approximate surface area is 176 Å². The van der Waals surface area contributed by atoms with Crippen molar-refractivity contribution in [3.63, 3.8) is 0 Å². The summed E-state index contributed by atoms with van der Waals surface area (Å²) in [5.74, 6) is 0. The molecule has 0 unspecified atom stereocenters. The molecule has 0 N–H and O–H groups in total. The van der Waals surface area contributed by atoms with Crippen molar-refractivity contribution in [3.8, 4) is 0 Å².